The third-order valence-electron chi connectivity index (χ3n) is 4.07. The number of hydrogen-bond acceptors (Lipinski definition) is 5. The summed E-state index contributed by atoms with van der Waals surface area (Å²) in [6.07, 6.45) is 1.76. The van der Waals surface area contributed by atoms with E-state index in [9.17, 15) is 9.59 Å². The van der Waals surface area contributed by atoms with Crippen molar-refractivity contribution in [2.24, 2.45) is 0 Å². The number of amides is 1. The van der Waals surface area contributed by atoms with Crippen LogP contribution in [0.25, 0.3) is 10.8 Å². The van der Waals surface area contributed by atoms with Gasteiger partial charge in [0, 0.05) is 18.0 Å². The van der Waals surface area contributed by atoms with E-state index in [0.717, 1.165) is 6.42 Å². The average Bonchev–Trinajstić information content (AvgIpc) is 2.62. The molecule has 0 saturated carbocycles. The van der Waals surface area contributed by atoms with Crippen LogP contribution in [0.3, 0.4) is 0 Å². The molecule has 0 saturated heterocycles. The van der Waals surface area contributed by atoms with Crippen molar-refractivity contribution in [3.63, 3.8) is 0 Å². The third kappa shape index (κ3) is 3.87. The van der Waals surface area contributed by atoms with Crippen molar-refractivity contribution in [2.45, 2.75) is 39.8 Å². The van der Waals surface area contributed by atoms with Gasteiger partial charge in [0.15, 0.2) is 17.2 Å². The topological polar surface area (TPSA) is 78.8 Å². The zero-order valence-electron chi connectivity index (χ0n) is 15.2. The molecule has 2 rings (SSSR count). The summed E-state index contributed by atoms with van der Waals surface area (Å²) in [4.78, 5) is 24.7. The fraction of sp³-hybridized carbons (Fsp3) is 0.444. The predicted molar refractivity (Wildman–Crippen MR) is 95.9 cm³/mol. The van der Waals surface area contributed by atoms with Gasteiger partial charge in [0.25, 0.3) is 5.56 Å². The van der Waals surface area contributed by atoms with Gasteiger partial charge >= 0.3 is 6.09 Å². The summed E-state index contributed by atoms with van der Waals surface area (Å²) in [6.45, 7) is 6.15. The Kier molecular flexibility index (Phi) is 5.90. The molecule has 0 spiro atoms. The quantitative estimate of drug-likeness (QED) is 0.868. The molecular formula is C18H24N2O5. The highest BCUT2D eigenvalue weighted by atomic mass is 16.6. The van der Waals surface area contributed by atoms with Gasteiger partial charge in [0.05, 0.1) is 25.8 Å². The van der Waals surface area contributed by atoms with Crippen LogP contribution in [0.5, 0.6) is 17.2 Å². The predicted octanol–water partition coefficient (Wildman–Crippen LogP) is 2.93. The van der Waals surface area contributed by atoms with E-state index in [2.05, 4.69) is 5.32 Å². The number of pyridine rings is 1. The van der Waals surface area contributed by atoms with E-state index in [1.165, 1.54) is 25.0 Å². The van der Waals surface area contributed by atoms with E-state index in [4.69, 9.17) is 14.2 Å². The highest BCUT2D eigenvalue weighted by Crippen LogP contribution is 2.34. The Bertz CT molecular complexity index is 828. The summed E-state index contributed by atoms with van der Waals surface area (Å²) in [6, 6.07) is 3.23. The molecule has 7 heteroatoms. The zero-order valence-corrected chi connectivity index (χ0v) is 15.2. The van der Waals surface area contributed by atoms with Crippen LogP contribution in [0.4, 0.5) is 4.79 Å². The van der Waals surface area contributed by atoms with Crippen LogP contribution in [0.2, 0.25) is 0 Å². The number of carbonyl (C=O) groups is 1. The van der Waals surface area contributed by atoms with Gasteiger partial charge in [-0.3, -0.25) is 4.79 Å². The van der Waals surface area contributed by atoms with Gasteiger partial charge in [-0.25, -0.2) is 4.79 Å². The number of nitrogens with zero attached hydrogens (tertiary/aromatic N) is 1. The van der Waals surface area contributed by atoms with E-state index >= 15 is 0 Å². The summed E-state index contributed by atoms with van der Waals surface area (Å²) < 4.78 is 17.5. The van der Waals surface area contributed by atoms with Gasteiger partial charge in [0.1, 0.15) is 0 Å². The molecular weight excluding hydrogens is 324 g/mol. The first-order chi connectivity index (χ1) is 11.9. The largest absolute Gasteiger partial charge is 0.493 e. The van der Waals surface area contributed by atoms with Crippen molar-refractivity contribution in [3.05, 3.63) is 28.7 Å². The molecule has 0 fully saturated rings. The number of rotatable bonds is 6. The van der Waals surface area contributed by atoms with Gasteiger partial charge in [-0.1, -0.05) is 6.92 Å². The Morgan fingerprint density at radius 3 is 2.24 bits per heavy atom. The second-order valence-corrected chi connectivity index (χ2v) is 5.68. The smallest absolute Gasteiger partial charge is 0.412 e. The number of fused-ring (bicyclic) bond motifs is 1. The van der Waals surface area contributed by atoms with E-state index < -0.39 is 6.09 Å². The minimum Gasteiger partial charge on any atom is -0.493 e. The number of aromatic nitrogens is 1. The molecule has 0 aliphatic heterocycles. The van der Waals surface area contributed by atoms with Crippen molar-refractivity contribution in [2.75, 3.05) is 14.2 Å². The summed E-state index contributed by atoms with van der Waals surface area (Å²) in [5.41, 5.74) is -0.187. The lowest BCUT2D eigenvalue weighted by Gasteiger charge is -2.16. The molecule has 1 unspecified atom stereocenters. The van der Waals surface area contributed by atoms with Crippen LogP contribution in [0.1, 0.15) is 27.2 Å². The third-order valence-corrected chi connectivity index (χ3v) is 4.07. The lowest BCUT2D eigenvalue weighted by atomic mass is 10.1. The summed E-state index contributed by atoms with van der Waals surface area (Å²) in [5, 5.41) is 3.63. The van der Waals surface area contributed by atoms with Crippen LogP contribution >= 0.6 is 0 Å². The van der Waals surface area contributed by atoms with Crippen LogP contribution < -0.4 is 25.1 Å². The van der Waals surface area contributed by atoms with Crippen LogP contribution in [0.15, 0.2) is 23.1 Å². The molecule has 0 radical (unpaired) electrons. The number of aryl methyl sites for hydroxylation is 1. The Morgan fingerprint density at radius 2 is 1.72 bits per heavy atom. The van der Waals surface area contributed by atoms with E-state index in [0.29, 0.717) is 34.6 Å². The number of ether oxygens (including phenoxy) is 3. The SMILES string of the molecule is CCC(C)NC(=O)Oc1cn(CC)c(=O)c2cc(OC)c(OC)cc12. The minimum absolute atomic E-state index is 0.00882. The second-order valence-electron chi connectivity index (χ2n) is 5.68. The normalized spacial score (nSPS) is 11.9. The van der Waals surface area contributed by atoms with E-state index in [1.54, 1.807) is 12.1 Å². The molecule has 0 bridgehead atoms. The number of methoxy groups -OCH3 is 2. The molecule has 1 amide bonds. The molecule has 0 aliphatic carbocycles. The van der Waals surface area contributed by atoms with Gasteiger partial charge < -0.3 is 24.1 Å². The lowest BCUT2D eigenvalue weighted by molar-refractivity contribution is 0.197. The average molecular weight is 348 g/mol. The van der Waals surface area contributed by atoms with Crippen LogP contribution in [-0.2, 0) is 6.54 Å². The molecule has 1 aromatic carbocycles. The first kappa shape index (κ1) is 18.6. The molecule has 136 valence electrons. The molecule has 2 aromatic rings. The first-order valence-corrected chi connectivity index (χ1v) is 8.22. The van der Waals surface area contributed by atoms with Crippen molar-refractivity contribution >= 4 is 16.9 Å². The van der Waals surface area contributed by atoms with Gasteiger partial charge in [-0.05, 0) is 32.4 Å². The minimum atomic E-state index is -0.563. The summed E-state index contributed by atoms with van der Waals surface area (Å²) in [7, 11) is 3.01. The van der Waals surface area contributed by atoms with Gasteiger partial charge in [-0.2, -0.15) is 0 Å². The fourth-order valence-corrected chi connectivity index (χ4v) is 2.43. The Morgan fingerprint density at radius 1 is 1.12 bits per heavy atom. The second kappa shape index (κ2) is 7.92. The molecule has 1 heterocycles. The molecule has 1 aromatic heterocycles. The maximum Gasteiger partial charge on any atom is 0.412 e. The Hall–Kier alpha value is -2.70. The Labute approximate surface area is 146 Å². The van der Waals surface area contributed by atoms with Crippen LogP contribution in [0, 0.1) is 0 Å². The highest BCUT2D eigenvalue weighted by molar-refractivity contribution is 5.92. The van der Waals surface area contributed by atoms with Crippen molar-refractivity contribution in [3.8, 4) is 17.2 Å². The molecule has 7 nitrogen and oxygen atoms in total. The maximum absolute atomic E-state index is 12.6. The molecule has 25 heavy (non-hydrogen) atoms. The van der Waals surface area contributed by atoms with E-state index in [-0.39, 0.29) is 11.6 Å². The molecule has 0 aliphatic rings. The van der Waals surface area contributed by atoms with Gasteiger partial charge in [-0.15, -0.1) is 0 Å². The van der Waals surface area contributed by atoms with Crippen molar-refractivity contribution in [1.82, 2.24) is 9.88 Å². The number of carbonyl (C=O) groups excluding carboxylic acids is 1. The maximum atomic E-state index is 12.6. The summed E-state index contributed by atoms with van der Waals surface area (Å²) >= 11 is 0. The first-order valence-electron chi connectivity index (χ1n) is 8.22. The van der Waals surface area contributed by atoms with Crippen molar-refractivity contribution < 1.29 is 19.0 Å². The molecule has 1 atom stereocenters. The molecule has 1 N–H and O–H groups in total. The lowest BCUT2D eigenvalue weighted by Crippen LogP contribution is -2.34. The number of nitrogens with one attached hydrogen (secondary N) is 1. The van der Waals surface area contributed by atoms with Crippen LogP contribution in [-0.4, -0.2) is 30.9 Å². The number of hydrogen-bond donors (Lipinski definition) is 1. The Balaban J connectivity index is 2.60. The van der Waals surface area contributed by atoms with E-state index in [1.807, 2.05) is 20.8 Å². The monoisotopic (exact) mass is 348 g/mol. The van der Waals surface area contributed by atoms with Gasteiger partial charge in [0.2, 0.25) is 0 Å². The summed E-state index contributed by atoms with van der Waals surface area (Å²) in [5.74, 6) is 1.19. The fourth-order valence-electron chi connectivity index (χ4n) is 2.43. The zero-order chi connectivity index (χ0) is 18.6. The standard InChI is InChI=1S/C18H24N2O5/c1-6-11(3)19-18(22)25-16-10-20(7-2)17(21)13-9-15(24-5)14(23-4)8-12(13)16/h8-11H,6-7H2,1-5H3,(H,19,22). The number of benzene rings is 1. The highest BCUT2D eigenvalue weighted by Gasteiger charge is 2.17. The van der Waals surface area contributed by atoms with Crippen molar-refractivity contribution in [1.29, 1.82) is 0 Å².